The molecule has 0 bridgehead atoms. The molecule has 1 radical (unpaired) electrons. The lowest BCUT2D eigenvalue weighted by Gasteiger charge is -2.16. The van der Waals surface area contributed by atoms with Crippen LogP contribution in [-0.2, 0) is 0 Å². The van der Waals surface area contributed by atoms with Crippen LogP contribution in [0.25, 0.3) is 21.9 Å². The molecule has 0 atom stereocenters. The molecular formula is C18H15BFO2S. The highest BCUT2D eigenvalue weighted by molar-refractivity contribution is 7.98. The lowest BCUT2D eigenvalue weighted by atomic mass is 9.96. The predicted octanol–water partition coefficient (Wildman–Crippen LogP) is 4.58. The summed E-state index contributed by atoms with van der Waals surface area (Å²) in [6, 6.07) is 14.7. The van der Waals surface area contributed by atoms with E-state index in [1.807, 2.05) is 43.5 Å². The molecule has 2 nitrogen and oxygen atoms in total. The second kappa shape index (κ2) is 6.65. The van der Waals surface area contributed by atoms with Gasteiger partial charge in [0.1, 0.15) is 11.6 Å². The average molecular weight is 325 g/mol. The highest BCUT2D eigenvalue weighted by Crippen LogP contribution is 2.40. The molecule has 0 saturated carbocycles. The van der Waals surface area contributed by atoms with Crippen molar-refractivity contribution < 1.29 is 14.1 Å². The van der Waals surface area contributed by atoms with E-state index in [9.17, 15) is 4.39 Å². The van der Waals surface area contributed by atoms with Crippen LogP contribution in [0.4, 0.5) is 4.39 Å². The smallest absolute Gasteiger partial charge is 0.537 e. The van der Waals surface area contributed by atoms with Crippen molar-refractivity contribution in [1.29, 1.82) is 0 Å². The summed E-state index contributed by atoms with van der Waals surface area (Å²) in [5, 5.41) is 10.8. The molecule has 115 valence electrons. The van der Waals surface area contributed by atoms with Crippen molar-refractivity contribution >= 4 is 30.2 Å². The van der Waals surface area contributed by atoms with E-state index in [2.05, 4.69) is 0 Å². The van der Waals surface area contributed by atoms with Gasteiger partial charge in [-0.25, -0.2) is 4.39 Å². The van der Waals surface area contributed by atoms with Crippen LogP contribution >= 0.6 is 11.8 Å². The topological polar surface area (TPSA) is 29.5 Å². The number of hydrogen-bond acceptors (Lipinski definition) is 3. The normalized spacial score (nSPS) is 10.8. The molecular weight excluding hydrogens is 310 g/mol. The Morgan fingerprint density at radius 1 is 1.13 bits per heavy atom. The zero-order valence-corrected chi connectivity index (χ0v) is 13.7. The monoisotopic (exact) mass is 325 g/mol. The highest BCUT2D eigenvalue weighted by Gasteiger charge is 2.16. The molecule has 0 fully saturated rings. The maximum absolute atomic E-state index is 14.6. The van der Waals surface area contributed by atoms with Gasteiger partial charge >= 0.3 is 7.69 Å². The Labute approximate surface area is 139 Å². The molecule has 5 heteroatoms. The van der Waals surface area contributed by atoms with Gasteiger partial charge in [0.2, 0.25) is 0 Å². The number of fused-ring (bicyclic) bond motifs is 1. The van der Waals surface area contributed by atoms with Crippen molar-refractivity contribution in [2.45, 2.75) is 11.8 Å². The molecule has 0 heterocycles. The Balaban J connectivity index is 2.33. The van der Waals surface area contributed by atoms with Gasteiger partial charge in [-0.3, -0.25) is 0 Å². The lowest BCUT2D eigenvalue weighted by molar-refractivity contribution is 0.451. The predicted molar refractivity (Wildman–Crippen MR) is 94.5 cm³/mol. The van der Waals surface area contributed by atoms with Crippen molar-refractivity contribution in [2.24, 2.45) is 0 Å². The van der Waals surface area contributed by atoms with Crippen molar-refractivity contribution in [3.63, 3.8) is 0 Å². The van der Waals surface area contributed by atoms with Gasteiger partial charge in [0.15, 0.2) is 0 Å². The van der Waals surface area contributed by atoms with Crippen molar-refractivity contribution in [3.8, 4) is 16.9 Å². The Kier molecular flexibility index (Phi) is 4.60. The first-order valence-electron chi connectivity index (χ1n) is 7.14. The molecule has 1 N–H and O–H groups in total. The van der Waals surface area contributed by atoms with Gasteiger partial charge in [0, 0.05) is 16.0 Å². The van der Waals surface area contributed by atoms with Crippen molar-refractivity contribution in [3.05, 3.63) is 59.9 Å². The number of rotatable bonds is 4. The summed E-state index contributed by atoms with van der Waals surface area (Å²) < 4.78 is 19.8. The van der Waals surface area contributed by atoms with Crippen LogP contribution in [0.5, 0.6) is 5.75 Å². The highest BCUT2D eigenvalue weighted by atomic mass is 32.2. The third kappa shape index (κ3) is 2.94. The zero-order valence-electron chi connectivity index (χ0n) is 12.8. The first-order chi connectivity index (χ1) is 11.2. The van der Waals surface area contributed by atoms with Crippen LogP contribution in [0.2, 0.25) is 0 Å². The maximum Gasteiger partial charge on any atom is 0.569 e. The van der Waals surface area contributed by atoms with Gasteiger partial charge in [0.25, 0.3) is 0 Å². The standard InChI is InChI=1S/C18H15BFO2S/c1-11-9-17(23-2)14(10-16(11)22-19-21)18-13-6-4-3-5-12(13)7-8-15(18)20/h3-10,21H,1-2H3. The van der Waals surface area contributed by atoms with E-state index in [1.54, 1.807) is 23.9 Å². The summed E-state index contributed by atoms with van der Waals surface area (Å²) in [4.78, 5) is 0.961. The van der Waals surface area contributed by atoms with Gasteiger partial charge in [-0.15, -0.1) is 11.8 Å². The minimum Gasteiger partial charge on any atom is -0.537 e. The SMILES string of the molecule is CSc1cc(C)c(O[B]O)cc1-c1c(F)ccc2ccccc12. The van der Waals surface area contributed by atoms with E-state index >= 15 is 0 Å². The number of hydrogen-bond donors (Lipinski definition) is 1. The summed E-state index contributed by atoms with van der Waals surface area (Å²) in [7, 11) is 0.643. The number of halogens is 1. The molecule has 3 rings (SSSR count). The van der Waals surface area contributed by atoms with E-state index in [1.165, 1.54) is 6.07 Å². The minimum atomic E-state index is -0.276. The molecule has 0 unspecified atom stereocenters. The summed E-state index contributed by atoms with van der Waals surface area (Å²) in [6.07, 6.45) is 1.96. The minimum absolute atomic E-state index is 0.276. The Morgan fingerprint density at radius 2 is 1.91 bits per heavy atom. The molecule has 3 aromatic rings. The fraction of sp³-hybridized carbons (Fsp3) is 0.111. The molecule has 0 saturated heterocycles. The lowest BCUT2D eigenvalue weighted by Crippen LogP contribution is -2.02. The second-order valence-corrected chi connectivity index (χ2v) is 6.03. The molecule has 0 aromatic heterocycles. The van der Waals surface area contributed by atoms with Crippen LogP contribution in [0, 0.1) is 12.7 Å². The van der Waals surface area contributed by atoms with Crippen LogP contribution in [-0.4, -0.2) is 19.0 Å². The van der Waals surface area contributed by atoms with Crippen LogP contribution in [0.1, 0.15) is 5.56 Å². The zero-order chi connectivity index (χ0) is 16.4. The number of benzene rings is 3. The molecule has 3 aromatic carbocycles. The molecule has 23 heavy (non-hydrogen) atoms. The largest absolute Gasteiger partial charge is 0.569 e. The van der Waals surface area contributed by atoms with Crippen LogP contribution < -0.4 is 4.65 Å². The molecule has 0 spiro atoms. The van der Waals surface area contributed by atoms with E-state index in [4.69, 9.17) is 9.68 Å². The quantitative estimate of drug-likeness (QED) is 0.562. The van der Waals surface area contributed by atoms with Crippen LogP contribution in [0.15, 0.2) is 53.4 Å². The first-order valence-corrected chi connectivity index (χ1v) is 8.37. The van der Waals surface area contributed by atoms with Crippen molar-refractivity contribution in [1.82, 2.24) is 0 Å². The summed E-state index contributed by atoms with van der Waals surface area (Å²) in [5.41, 5.74) is 2.19. The van der Waals surface area contributed by atoms with Crippen LogP contribution in [0.3, 0.4) is 0 Å². The van der Waals surface area contributed by atoms with E-state index in [0.717, 1.165) is 26.8 Å². The fourth-order valence-electron chi connectivity index (χ4n) is 2.73. The van der Waals surface area contributed by atoms with E-state index in [-0.39, 0.29) is 5.82 Å². The second-order valence-electron chi connectivity index (χ2n) is 5.18. The fourth-order valence-corrected chi connectivity index (χ4v) is 3.40. The van der Waals surface area contributed by atoms with Gasteiger partial charge in [-0.1, -0.05) is 30.3 Å². The van der Waals surface area contributed by atoms with Gasteiger partial charge < -0.3 is 9.68 Å². The number of thioether (sulfide) groups is 1. The number of aryl methyl sites for hydroxylation is 1. The Hall–Kier alpha value is -1.98. The Morgan fingerprint density at radius 3 is 2.65 bits per heavy atom. The van der Waals surface area contributed by atoms with Gasteiger partial charge in [0.05, 0.1) is 0 Å². The molecule has 0 aliphatic carbocycles. The third-order valence-electron chi connectivity index (χ3n) is 3.82. The maximum atomic E-state index is 14.6. The van der Waals surface area contributed by atoms with Gasteiger partial charge in [-0.05, 0) is 47.7 Å². The summed E-state index contributed by atoms with van der Waals surface area (Å²) in [5.74, 6) is 0.231. The molecule has 0 aliphatic rings. The van der Waals surface area contributed by atoms with E-state index in [0.29, 0.717) is 19.0 Å². The summed E-state index contributed by atoms with van der Waals surface area (Å²) in [6.45, 7) is 1.89. The van der Waals surface area contributed by atoms with Gasteiger partial charge in [-0.2, -0.15) is 0 Å². The van der Waals surface area contributed by atoms with E-state index < -0.39 is 0 Å². The Bertz CT molecular complexity index is 867. The average Bonchev–Trinajstić information content (AvgIpc) is 2.57. The molecule has 0 amide bonds. The van der Waals surface area contributed by atoms with Crippen molar-refractivity contribution in [2.75, 3.05) is 6.26 Å². The summed E-state index contributed by atoms with van der Waals surface area (Å²) >= 11 is 1.55. The third-order valence-corrected chi connectivity index (χ3v) is 4.60. The first kappa shape index (κ1) is 15.9. The molecule has 0 aliphatic heterocycles.